The molecule has 0 aromatic heterocycles. The van der Waals surface area contributed by atoms with Crippen molar-refractivity contribution in [3.8, 4) is 12.8 Å². The smallest absolute Gasteiger partial charge is 0.0423 e. The molecule has 2 nitrogen and oxygen atoms in total. The molecule has 106 valence electrons. The highest BCUT2D eigenvalue weighted by molar-refractivity contribution is 5.65. The van der Waals surface area contributed by atoms with E-state index in [2.05, 4.69) is 57.2 Å². The summed E-state index contributed by atoms with van der Waals surface area (Å²) >= 11 is 0. The Morgan fingerprint density at radius 1 is 1.20 bits per heavy atom. The van der Waals surface area contributed by atoms with Gasteiger partial charge in [0, 0.05) is 12.2 Å². The molecule has 0 fully saturated rings. The summed E-state index contributed by atoms with van der Waals surface area (Å²) in [6.07, 6.45) is 17.6. The SMILES string of the molecule is C#C.C=C1C(=C)C(N)=C1C.CC1=CCC=CC(CN)=C1. The van der Waals surface area contributed by atoms with E-state index < -0.39 is 0 Å². The highest BCUT2D eigenvalue weighted by atomic mass is 14.6. The summed E-state index contributed by atoms with van der Waals surface area (Å²) in [6.45, 7) is 12.1. The maximum Gasteiger partial charge on any atom is 0.0423 e. The molecule has 0 aromatic rings. The van der Waals surface area contributed by atoms with Crippen LogP contribution in [0.15, 0.2) is 71.0 Å². The van der Waals surface area contributed by atoms with E-state index in [1.165, 1.54) is 11.1 Å². The van der Waals surface area contributed by atoms with Gasteiger partial charge in [-0.1, -0.05) is 43.0 Å². The zero-order valence-electron chi connectivity index (χ0n) is 12.4. The molecule has 0 aliphatic heterocycles. The van der Waals surface area contributed by atoms with Gasteiger partial charge in [-0.2, -0.15) is 0 Å². The molecule has 4 N–H and O–H groups in total. The Labute approximate surface area is 122 Å². The molecular weight excluding hydrogens is 244 g/mol. The molecule has 0 bridgehead atoms. The van der Waals surface area contributed by atoms with Crippen molar-refractivity contribution in [2.45, 2.75) is 20.3 Å². The van der Waals surface area contributed by atoms with Gasteiger partial charge in [-0.3, -0.25) is 0 Å². The van der Waals surface area contributed by atoms with Gasteiger partial charge < -0.3 is 11.5 Å². The van der Waals surface area contributed by atoms with Crippen LogP contribution in [-0.2, 0) is 0 Å². The van der Waals surface area contributed by atoms with Crippen LogP contribution in [-0.4, -0.2) is 6.54 Å². The molecule has 0 saturated heterocycles. The first kappa shape index (κ1) is 17.8. The van der Waals surface area contributed by atoms with Crippen LogP contribution >= 0.6 is 0 Å². The molecule has 2 heteroatoms. The second kappa shape index (κ2) is 8.79. The molecule has 0 aromatic carbocycles. The van der Waals surface area contributed by atoms with Gasteiger partial charge in [-0.05, 0) is 42.6 Å². The Morgan fingerprint density at radius 2 is 1.80 bits per heavy atom. The lowest BCUT2D eigenvalue weighted by Gasteiger charge is -2.22. The molecule has 0 unspecified atom stereocenters. The second-order valence-electron chi connectivity index (χ2n) is 4.51. The summed E-state index contributed by atoms with van der Waals surface area (Å²) in [5, 5.41) is 0. The Kier molecular flexibility index (Phi) is 7.81. The molecule has 2 aliphatic carbocycles. The maximum atomic E-state index is 5.49. The third-order valence-electron chi connectivity index (χ3n) is 3.10. The van der Waals surface area contributed by atoms with Gasteiger partial charge in [-0.25, -0.2) is 0 Å². The minimum atomic E-state index is 0.641. The van der Waals surface area contributed by atoms with E-state index in [1.807, 2.05) is 6.92 Å². The molecule has 0 radical (unpaired) electrons. The van der Waals surface area contributed by atoms with E-state index in [0.717, 1.165) is 28.8 Å². The highest BCUT2D eigenvalue weighted by Crippen LogP contribution is 2.32. The molecular formula is C18H24N2. The normalized spacial score (nSPS) is 16.6. The zero-order chi connectivity index (χ0) is 15.7. The third kappa shape index (κ3) is 4.79. The van der Waals surface area contributed by atoms with E-state index in [1.54, 1.807) is 0 Å². The predicted molar refractivity (Wildman–Crippen MR) is 89.7 cm³/mol. The second-order valence-corrected chi connectivity index (χ2v) is 4.51. The molecule has 0 amide bonds. The standard InChI is InChI=1S/C9H13N.C7H9N.C2H2/c1-8-4-2-3-5-9(6-8)7-10;1-4-5(2)7(8)6(4)3;1-2/h3-6H,2,7,10H2,1H3;1-2,8H2,3H3;1-2H. The molecule has 0 atom stereocenters. The Morgan fingerprint density at radius 3 is 2.20 bits per heavy atom. The summed E-state index contributed by atoms with van der Waals surface area (Å²) < 4.78 is 0. The number of terminal acetylenes is 1. The van der Waals surface area contributed by atoms with Crippen LogP contribution in [0, 0.1) is 12.8 Å². The highest BCUT2D eigenvalue weighted by Gasteiger charge is 2.18. The first-order chi connectivity index (χ1) is 9.47. The van der Waals surface area contributed by atoms with Crippen molar-refractivity contribution in [3.05, 3.63) is 71.0 Å². The number of hydrogen-bond donors (Lipinski definition) is 2. The summed E-state index contributed by atoms with van der Waals surface area (Å²) in [6, 6.07) is 0. The number of nitrogens with two attached hydrogens (primary N) is 2. The van der Waals surface area contributed by atoms with E-state index in [0.29, 0.717) is 6.54 Å². The summed E-state index contributed by atoms with van der Waals surface area (Å²) in [5.74, 6) is 0. The average molecular weight is 268 g/mol. The fraction of sp³-hybridized carbons (Fsp3) is 0.222. The van der Waals surface area contributed by atoms with Gasteiger partial charge in [0.25, 0.3) is 0 Å². The lowest BCUT2D eigenvalue weighted by Crippen LogP contribution is -2.15. The van der Waals surface area contributed by atoms with E-state index >= 15 is 0 Å². The van der Waals surface area contributed by atoms with Crippen molar-refractivity contribution >= 4 is 0 Å². The van der Waals surface area contributed by atoms with Crippen LogP contribution in [0.25, 0.3) is 0 Å². The van der Waals surface area contributed by atoms with Crippen molar-refractivity contribution in [1.82, 2.24) is 0 Å². The van der Waals surface area contributed by atoms with Crippen LogP contribution in [0.5, 0.6) is 0 Å². The van der Waals surface area contributed by atoms with Crippen molar-refractivity contribution in [2.24, 2.45) is 11.5 Å². The largest absolute Gasteiger partial charge is 0.398 e. The molecule has 0 saturated carbocycles. The van der Waals surface area contributed by atoms with Crippen molar-refractivity contribution in [1.29, 1.82) is 0 Å². The lowest BCUT2D eigenvalue weighted by atomic mass is 9.86. The number of rotatable bonds is 1. The monoisotopic (exact) mass is 268 g/mol. The van der Waals surface area contributed by atoms with Gasteiger partial charge in [0.05, 0.1) is 0 Å². The summed E-state index contributed by atoms with van der Waals surface area (Å²) in [5.41, 5.74) is 17.3. The van der Waals surface area contributed by atoms with Crippen LogP contribution in [0.4, 0.5) is 0 Å². The van der Waals surface area contributed by atoms with E-state index in [4.69, 9.17) is 11.5 Å². The predicted octanol–water partition coefficient (Wildman–Crippen LogP) is 3.37. The molecule has 0 heterocycles. The Hall–Kier alpha value is -2.24. The quantitative estimate of drug-likeness (QED) is 0.716. The Balaban J connectivity index is 0.000000327. The summed E-state index contributed by atoms with van der Waals surface area (Å²) in [7, 11) is 0. The zero-order valence-corrected chi connectivity index (χ0v) is 12.4. The van der Waals surface area contributed by atoms with E-state index in [9.17, 15) is 0 Å². The van der Waals surface area contributed by atoms with Crippen LogP contribution in [0.3, 0.4) is 0 Å². The van der Waals surface area contributed by atoms with Gasteiger partial charge in [0.1, 0.15) is 0 Å². The first-order valence-electron chi connectivity index (χ1n) is 6.40. The van der Waals surface area contributed by atoms with Crippen LogP contribution in [0.1, 0.15) is 20.3 Å². The number of allylic oxidation sites excluding steroid dienone is 6. The van der Waals surface area contributed by atoms with Crippen molar-refractivity contribution < 1.29 is 0 Å². The van der Waals surface area contributed by atoms with Gasteiger partial charge >= 0.3 is 0 Å². The van der Waals surface area contributed by atoms with Crippen molar-refractivity contribution in [3.63, 3.8) is 0 Å². The molecule has 2 aliphatic rings. The minimum absolute atomic E-state index is 0.641. The van der Waals surface area contributed by atoms with Crippen LogP contribution in [0.2, 0.25) is 0 Å². The average Bonchev–Trinajstić information content (AvgIpc) is 2.72. The van der Waals surface area contributed by atoms with Crippen LogP contribution < -0.4 is 11.5 Å². The first-order valence-corrected chi connectivity index (χ1v) is 6.40. The van der Waals surface area contributed by atoms with Gasteiger partial charge in [0.15, 0.2) is 0 Å². The number of hydrogen-bond acceptors (Lipinski definition) is 2. The summed E-state index contributed by atoms with van der Waals surface area (Å²) in [4.78, 5) is 0. The molecule has 2 rings (SSSR count). The lowest BCUT2D eigenvalue weighted by molar-refractivity contribution is 1.14. The van der Waals surface area contributed by atoms with Gasteiger partial charge in [-0.15, -0.1) is 12.8 Å². The van der Waals surface area contributed by atoms with E-state index in [-0.39, 0.29) is 0 Å². The fourth-order valence-corrected chi connectivity index (χ4v) is 1.72. The Bertz CT molecular complexity index is 501. The molecule has 20 heavy (non-hydrogen) atoms. The topological polar surface area (TPSA) is 52.0 Å². The third-order valence-corrected chi connectivity index (χ3v) is 3.10. The minimum Gasteiger partial charge on any atom is -0.398 e. The van der Waals surface area contributed by atoms with Crippen molar-refractivity contribution in [2.75, 3.05) is 6.54 Å². The fourth-order valence-electron chi connectivity index (χ4n) is 1.72. The molecule has 0 spiro atoms. The maximum absolute atomic E-state index is 5.49. The van der Waals surface area contributed by atoms with Gasteiger partial charge in [0.2, 0.25) is 0 Å².